The van der Waals surface area contributed by atoms with E-state index in [1.807, 2.05) is 12.1 Å². The van der Waals surface area contributed by atoms with Crippen LogP contribution in [0.3, 0.4) is 0 Å². The summed E-state index contributed by atoms with van der Waals surface area (Å²) in [7, 11) is 0. The van der Waals surface area contributed by atoms with Gasteiger partial charge in [-0.2, -0.15) is 0 Å². The number of rotatable bonds is 9. The molecule has 7 nitrogen and oxygen atoms in total. The van der Waals surface area contributed by atoms with E-state index in [0.29, 0.717) is 36.9 Å². The molecule has 2 saturated heterocycles. The summed E-state index contributed by atoms with van der Waals surface area (Å²) in [6.07, 6.45) is 8.07. The first-order chi connectivity index (χ1) is 14.2. The number of hydrogen-bond donors (Lipinski definition) is 2. The minimum atomic E-state index is 0.317. The first kappa shape index (κ1) is 20.3. The van der Waals surface area contributed by atoms with Crippen LogP contribution in [0.4, 0.5) is 0 Å². The number of guanidine groups is 1. The van der Waals surface area contributed by atoms with Gasteiger partial charge >= 0.3 is 0 Å². The highest BCUT2D eigenvalue weighted by atomic mass is 16.3. The molecule has 1 aromatic rings. The first-order valence-corrected chi connectivity index (χ1v) is 11.3. The van der Waals surface area contributed by atoms with Gasteiger partial charge in [-0.15, -0.1) is 0 Å². The van der Waals surface area contributed by atoms with Crippen molar-refractivity contribution in [2.24, 2.45) is 10.9 Å². The van der Waals surface area contributed by atoms with Gasteiger partial charge in [-0.1, -0.05) is 6.92 Å². The Morgan fingerprint density at radius 1 is 1.31 bits per heavy atom. The summed E-state index contributed by atoms with van der Waals surface area (Å²) < 4.78 is 5.43. The minimum Gasteiger partial charge on any atom is -0.469 e. The lowest BCUT2D eigenvalue weighted by Gasteiger charge is -2.24. The van der Waals surface area contributed by atoms with Crippen LogP contribution in [0.25, 0.3) is 0 Å². The molecule has 2 aliphatic heterocycles. The van der Waals surface area contributed by atoms with E-state index in [4.69, 9.17) is 9.41 Å². The van der Waals surface area contributed by atoms with E-state index < -0.39 is 0 Å². The second-order valence-corrected chi connectivity index (χ2v) is 8.60. The third kappa shape index (κ3) is 5.53. The van der Waals surface area contributed by atoms with Gasteiger partial charge in [0.15, 0.2) is 5.96 Å². The Morgan fingerprint density at radius 2 is 2.21 bits per heavy atom. The summed E-state index contributed by atoms with van der Waals surface area (Å²) in [5.41, 5.74) is 0. The molecule has 0 aromatic carbocycles. The van der Waals surface area contributed by atoms with Crippen LogP contribution in [-0.4, -0.2) is 73.0 Å². The van der Waals surface area contributed by atoms with E-state index >= 15 is 0 Å². The van der Waals surface area contributed by atoms with Gasteiger partial charge in [0.1, 0.15) is 5.76 Å². The standard InChI is InChI=1S/C22H35N5O2/c1-2-26-11-3-5-19(26)15-25-22(23-10-9-20-6-4-12-29-20)24-14-17-13-21(28)27(16-17)18-7-8-18/h4,6,12,17-19H,2-3,5,7-11,13-16H2,1H3,(H2,23,24,25). The predicted molar refractivity (Wildman–Crippen MR) is 114 cm³/mol. The number of hydrogen-bond acceptors (Lipinski definition) is 4. The fraction of sp³-hybridized carbons (Fsp3) is 0.727. The van der Waals surface area contributed by atoms with Gasteiger partial charge in [0.05, 0.1) is 6.26 Å². The highest BCUT2D eigenvalue weighted by Gasteiger charge is 2.39. The molecule has 1 saturated carbocycles. The molecule has 4 rings (SSSR count). The van der Waals surface area contributed by atoms with Crippen molar-refractivity contribution >= 4 is 11.9 Å². The van der Waals surface area contributed by atoms with Gasteiger partial charge in [-0.3, -0.25) is 14.7 Å². The molecular formula is C22H35N5O2. The molecule has 3 fully saturated rings. The summed E-state index contributed by atoms with van der Waals surface area (Å²) in [6.45, 7) is 7.80. The Labute approximate surface area is 173 Å². The quantitative estimate of drug-likeness (QED) is 0.488. The first-order valence-electron chi connectivity index (χ1n) is 11.3. The molecule has 2 unspecified atom stereocenters. The number of nitrogens with zero attached hydrogens (tertiary/aromatic N) is 3. The lowest BCUT2D eigenvalue weighted by Crippen LogP contribution is -2.45. The third-order valence-corrected chi connectivity index (χ3v) is 6.39. The van der Waals surface area contributed by atoms with Gasteiger partial charge in [0.25, 0.3) is 0 Å². The van der Waals surface area contributed by atoms with Gasteiger partial charge < -0.3 is 20.0 Å². The molecule has 0 bridgehead atoms. The van der Waals surface area contributed by atoms with Crippen LogP contribution in [0.15, 0.2) is 27.8 Å². The van der Waals surface area contributed by atoms with Crippen LogP contribution in [-0.2, 0) is 11.2 Å². The maximum Gasteiger partial charge on any atom is 0.223 e. The van der Waals surface area contributed by atoms with E-state index in [1.54, 1.807) is 6.26 Å². The van der Waals surface area contributed by atoms with Crippen molar-refractivity contribution in [3.8, 4) is 0 Å². The largest absolute Gasteiger partial charge is 0.469 e. The number of likely N-dealkylation sites (N-methyl/N-ethyl adjacent to an activating group) is 1. The number of furan rings is 1. The van der Waals surface area contributed by atoms with Gasteiger partial charge in [-0.05, 0) is 50.9 Å². The molecule has 2 N–H and O–H groups in total. The zero-order valence-electron chi connectivity index (χ0n) is 17.6. The molecule has 7 heteroatoms. The molecule has 2 atom stereocenters. The highest BCUT2D eigenvalue weighted by molar-refractivity contribution is 5.81. The Morgan fingerprint density at radius 3 is 2.97 bits per heavy atom. The fourth-order valence-corrected chi connectivity index (χ4v) is 4.58. The Balaban J connectivity index is 1.30. The van der Waals surface area contributed by atoms with Crippen molar-refractivity contribution < 1.29 is 9.21 Å². The van der Waals surface area contributed by atoms with Crippen LogP contribution >= 0.6 is 0 Å². The molecule has 1 aliphatic carbocycles. The number of carbonyl (C=O) groups excluding carboxylic acids is 1. The summed E-state index contributed by atoms with van der Waals surface area (Å²) in [5.74, 6) is 2.49. The lowest BCUT2D eigenvalue weighted by atomic mass is 10.1. The fourth-order valence-electron chi connectivity index (χ4n) is 4.58. The molecule has 1 aromatic heterocycles. The van der Waals surface area contributed by atoms with E-state index in [2.05, 4.69) is 27.4 Å². The molecule has 0 radical (unpaired) electrons. The Kier molecular flexibility index (Phi) is 6.74. The molecule has 0 spiro atoms. The predicted octanol–water partition coefficient (Wildman–Crippen LogP) is 1.85. The molecular weight excluding hydrogens is 366 g/mol. The highest BCUT2D eigenvalue weighted by Crippen LogP contribution is 2.32. The van der Waals surface area contributed by atoms with E-state index in [0.717, 1.165) is 44.3 Å². The van der Waals surface area contributed by atoms with Crippen molar-refractivity contribution in [2.45, 2.75) is 57.5 Å². The minimum absolute atomic E-state index is 0.317. The number of aliphatic imine (C=N–C) groups is 1. The van der Waals surface area contributed by atoms with E-state index in [9.17, 15) is 4.79 Å². The maximum atomic E-state index is 12.2. The second kappa shape index (κ2) is 9.65. The number of nitrogens with one attached hydrogen (secondary N) is 2. The van der Waals surface area contributed by atoms with Gasteiger partial charge in [-0.25, -0.2) is 0 Å². The van der Waals surface area contributed by atoms with Crippen LogP contribution < -0.4 is 10.6 Å². The second-order valence-electron chi connectivity index (χ2n) is 8.60. The monoisotopic (exact) mass is 401 g/mol. The average molecular weight is 402 g/mol. The lowest BCUT2D eigenvalue weighted by molar-refractivity contribution is -0.128. The SMILES string of the molecule is CCN1CCCC1CNC(=NCC1CC(=O)N(C2CC2)C1)NCCc1ccco1. The summed E-state index contributed by atoms with van der Waals surface area (Å²) >= 11 is 0. The topological polar surface area (TPSA) is 73.1 Å². The zero-order valence-corrected chi connectivity index (χ0v) is 17.6. The number of carbonyl (C=O) groups is 1. The molecule has 3 aliphatic rings. The normalized spacial score (nSPS) is 25.8. The van der Waals surface area contributed by atoms with Crippen molar-refractivity contribution in [1.29, 1.82) is 0 Å². The average Bonchev–Trinajstić information content (AvgIpc) is 3.10. The molecule has 3 heterocycles. The van der Waals surface area contributed by atoms with E-state index in [-0.39, 0.29) is 0 Å². The van der Waals surface area contributed by atoms with Crippen LogP contribution in [0.2, 0.25) is 0 Å². The smallest absolute Gasteiger partial charge is 0.223 e. The van der Waals surface area contributed by atoms with E-state index in [1.165, 1.54) is 32.2 Å². The maximum absolute atomic E-state index is 12.2. The van der Waals surface area contributed by atoms with Crippen LogP contribution in [0.1, 0.15) is 44.8 Å². The molecule has 160 valence electrons. The molecule has 1 amide bonds. The summed E-state index contributed by atoms with van der Waals surface area (Å²) in [4.78, 5) is 21.7. The van der Waals surface area contributed by atoms with Crippen LogP contribution in [0.5, 0.6) is 0 Å². The third-order valence-electron chi connectivity index (χ3n) is 6.39. The van der Waals surface area contributed by atoms with Crippen molar-refractivity contribution in [3.05, 3.63) is 24.2 Å². The summed E-state index contributed by atoms with van der Waals surface area (Å²) in [5, 5.41) is 7.01. The van der Waals surface area contributed by atoms with Crippen molar-refractivity contribution in [1.82, 2.24) is 20.4 Å². The zero-order chi connectivity index (χ0) is 20.1. The Bertz CT molecular complexity index is 685. The van der Waals surface area contributed by atoms with Crippen molar-refractivity contribution in [3.63, 3.8) is 0 Å². The summed E-state index contributed by atoms with van der Waals surface area (Å²) in [6, 6.07) is 5.02. The molecule has 29 heavy (non-hydrogen) atoms. The van der Waals surface area contributed by atoms with Crippen molar-refractivity contribution in [2.75, 3.05) is 39.3 Å². The Hall–Kier alpha value is -2.02. The number of amides is 1. The van der Waals surface area contributed by atoms with Gasteiger partial charge in [0.2, 0.25) is 5.91 Å². The van der Waals surface area contributed by atoms with Crippen LogP contribution in [0, 0.1) is 5.92 Å². The number of likely N-dealkylation sites (tertiary alicyclic amines) is 2. The van der Waals surface area contributed by atoms with Gasteiger partial charge in [0, 0.05) is 57.0 Å².